The van der Waals surface area contributed by atoms with Crippen LogP contribution in [0.5, 0.6) is 0 Å². The number of benzene rings is 3. The second kappa shape index (κ2) is 9.70. The van der Waals surface area contributed by atoms with Crippen molar-refractivity contribution in [2.24, 2.45) is 0 Å². The van der Waals surface area contributed by atoms with Crippen LogP contribution >= 0.6 is 11.8 Å². The van der Waals surface area contributed by atoms with Gasteiger partial charge in [-0.2, -0.15) is 0 Å². The highest BCUT2D eigenvalue weighted by Crippen LogP contribution is 2.35. The number of hydrogen-bond acceptors (Lipinski definition) is 7. The Balaban J connectivity index is 1.44. The van der Waals surface area contributed by atoms with Crippen molar-refractivity contribution in [2.45, 2.75) is 13.1 Å². The summed E-state index contributed by atoms with van der Waals surface area (Å²) in [6.07, 6.45) is 3.46. The summed E-state index contributed by atoms with van der Waals surface area (Å²) in [5, 5.41) is 22.7. The molecule has 2 amide bonds. The van der Waals surface area contributed by atoms with Crippen LogP contribution in [0.1, 0.15) is 16.7 Å². The van der Waals surface area contributed by atoms with Gasteiger partial charge < -0.3 is 4.57 Å². The van der Waals surface area contributed by atoms with Gasteiger partial charge in [-0.3, -0.25) is 34.7 Å². The van der Waals surface area contributed by atoms with Crippen LogP contribution in [0, 0.1) is 20.2 Å². The Kier molecular flexibility index (Phi) is 6.28. The molecule has 184 valence electrons. The number of carbonyl (C=O) groups excluding carboxylic acids is 2. The van der Waals surface area contributed by atoms with E-state index in [2.05, 4.69) is 0 Å². The Morgan fingerprint density at radius 3 is 2.27 bits per heavy atom. The van der Waals surface area contributed by atoms with Gasteiger partial charge in [-0.1, -0.05) is 48.5 Å². The number of hydrogen-bond donors (Lipinski definition) is 0. The van der Waals surface area contributed by atoms with Gasteiger partial charge in [0, 0.05) is 46.4 Å². The number of thioether (sulfide) groups is 1. The van der Waals surface area contributed by atoms with E-state index < -0.39 is 21.0 Å². The molecule has 1 aromatic heterocycles. The predicted molar refractivity (Wildman–Crippen MR) is 139 cm³/mol. The highest BCUT2D eigenvalue weighted by atomic mass is 32.2. The number of nitrogens with zero attached hydrogens (tertiary/aromatic N) is 4. The van der Waals surface area contributed by atoms with E-state index in [4.69, 9.17) is 0 Å². The van der Waals surface area contributed by atoms with Crippen molar-refractivity contribution in [1.29, 1.82) is 0 Å². The number of rotatable bonds is 7. The lowest BCUT2D eigenvalue weighted by atomic mass is 10.1. The van der Waals surface area contributed by atoms with Crippen LogP contribution in [0.4, 0.5) is 16.2 Å². The van der Waals surface area contributed by atoms with Gasteiger partial charge in [0.1, 0.15) is 0 Å². The topological polar surface area (TPSA) is 129 Å². The molecule has 1 aliphatic rings. The summed E-state index contributed by atoms with van der Waals surface area (Å²) in [5.41, 5.74) is 2.62. The molecule has 0 N–H and O–H groups in total. The van der Waals surface area contributed by atoms with E-state index in [0.717, 1.165) is 27.6 Å². The molecule has 5 rings (SSSR count). The molecule has 0 aliphatic carbocycles. The van der Waals surface area contributed by atoms with E-state index in [1.165, 1.54) is 30.3 Å². The van der Waals surface area contributed by atoms with Crippen LogP contribution in [-0.2, 0) is 17.9 Å². The zero-order chi connectivity index (χ0) is 26.1. The van der Waals surface area contributed by atoms with E-state index in [1.807, 2.05) is 35.0 Å². The maximum Gasteiger partial charge on any atom is 0.293 e. The van der Waals surface area contributed by atoms with Crippen molar-refractivity contribution < 1.29 is 19.4 Å². The fourth-order valence-corrected chi connectivity index (χ4v) is 5.04. The highest BCUT2D eigenvalue weighted by Gasteiger charge is 2.35. The van der Waals surface area contributed by atoms with E-state index in [9.17, 15) is 29.8 Å². The SMILES string of the molecule is O=C1S/C(=C\c2cn(Cc3ccccc3[N+](=O)[O-])c3ccccc23)C(=O)N1Cc1ccc([N+](=O)[O-])cc1. The summed E-state index contributed by atoms with van der Waals surface area (Å²) in [4.78, 5) is 48.5. The van der Waals surface area contributed by atoms with Gasteiger partial charge in [0.15, 0.2) is 0 Å². The summed E-state index contributed by atoms with van der Waals surface area (Å²) in [7, 11) is 0. The molecule has 1 fully saturated rings. The van der Waals surface area contributed by atoms with Gasteiger partial charge >= 0.3 is 0 Å². The van der Waals surface area contributed by atoms with Crippen molar-refractivity contribution in [1.82, 2.24) is 9.47 Å². The number of fused-ring (bicyclic) bond motifs is 1. The second-order valence-electron chi connectivity index (χ2n) is 8.31. The number of aromatic nitrogens is 1. The average molecular weight is 515 g/mol. The molecule has 0 saturated carbocycles. The summed E-state index contributed by atoms with van der Waals surface area (Å²) < 4.78 is 1.88. The van der Waals surface area contributed by atoms with E-state index in [-0.39, 0.29) is 29.4 Å². The standard InChI is InChI=1S/C26H18N4O6S/c31-25-24(37-26(32)28(25)14-17-9-11-20(12-10-17)29(33)34)13-19-16-27(23-8-4-2-6-21(19)23)15-18-5-1-3-7-22(18)30(35)36/h1-13,16H,14-15H2/b24-13-. The quantitative estimate of drug-likeness (QED) is 0.175. The maximum atomic E-state index is 13.1. The lowest BCUT2D eigenvalue weighted by molar-refractivity contribution is -0.385. The van der Waals surface area contributed by atoms with Crippen molar-refractivity contribution in [3.05, 3.63) is 121 Å². The molecule has 4 aromatic rings. The van der Waals surface area contributed by atoms with Gasteiger partial charge in [0.05, 0.1) is 27.8 Å². The van der Waals surface area contributed by atoms with Gasteiger partial charge in [-0.05, 0) is 29.5 Å². The smallest absolute Gasteiger partial charge is 0.293 e. The molecule has 2 heterocycles. The first-order chi connectivity index (χ1) is 17.8. The summed E-state index contributed by atoms with van der Waals surface area (Å²) in [6.45, 7) is 0.257. The number of amides is 2. The first kappa shape index (κ1) is 23.9. The highest BCUT2D eigenvalue weighted by molar-refractivity contribution is 8.18. The molecule has 3 aromatic carbocycles. The van der Waals surface area contributed by atoms with Gasteiger partial charge in [0.25, 0.3) is 22.5 Å². The third-order valence-electron chi connectivity index (χ3n) is 6.00. The van der Waals surface area contributed by atoms with E-state index >= 15 is 0 Å². The Labute approximate surface area is 214 Å². The van der Waals surface area contributed by atoms with Crippen molar-refractivity contribution in [2.75, 3.05) is 0 Å². The summed E-state index contributed by atoms with van der Waals surface area (Å²) in [5.74, 6) is -0.455. The number of carbonyl (C=O) groups is 2. The molecule has 10 nitrogen and oxygen atoms in total. The summed E-state index contributed by atoms with van der Waals surface area (Å²) >= 11 is 0.824. The zero-order valence-electron chi connectivity index (χ0n) is 19.1. The molecule has 37 heavy (non-hydrogen) atoms. The van der Waals surface area contributed by atoms with Gasteiger partial charge in [-0.25, -0.2) is 0 Å². The second-order valence-corrected chi connectivity index (χ2v) is 9.30. The molecule has 0 unspecified atom stereocenters. The lowest BCUT2D eigenvalue weighted by Gasteiger charge is -2.12. The predicted octanol–water partition coefficient (Wildman–Crippen LogP) is 5.74. The minimum Gasteiger partial charge on any atom is -0.342 e. The number of para-hydroxylation sites is 2. The zero-order valence-corrected chi connectivity index (χ0v) is 20.0. The van der Waals surface area contributed by atoms with Crippen LogP contribution < -0.4 is 0 Å². The molecule has 1 aliphatic heterocycles. The number of nitro benzene ring substituents is 2. The number of non-ortho nitro benzene ring substituents is 1. The van der Waals surface area contributed by atoms with Crippen molar-refractivity contribution >= 4 is 51.3 Å². The normalized spacial score (nSPS) is 14.6. The van der Waals surface area contributed by atoms with Crippen LogP contribution in [-0.4, -0.2) is 30.5 Å². The summed E-state index contributed by atoms with van der Waals surface area (Å²) in [6, 6.07) is 19.7. The Morgan fingerprint density at radius 2 is 1.54 bits per heavy atom. The molecule has 0 spiro atoms. The molecule has 0 atom stereocenters. The molecule has 11 heteroatoms. The van der Waals surface area contributed by atoms with Crippen LogP contribution in [0.25, 0.3) is 17.0 Å². The van der Waals surface area contributed by atoms with Crippen molar-refractivity contribution in [3.63, 3.8) is 0 Å². The maximum absolute atomic E-state index is 13.1. The fourth-order valence-electron chi connectivity index (χ4n) is 4.21. The Bertz CT molecular complexity index is 1610. The minimum absolute atomic E-state index is 0.000560. The van der Waals surface area contributed by atoms with Gasteiger partial charge in [0.2, 0.25) is 0 Å². The molecule has 0 radical (unpaired) electrons. The lowest BCUT2D eigenvalue weighted by Crippen LogP contribution is -2.27. The monoisotopic (exact) mass is 514 g/mol. The number of imide groups is 1. The largest absolute Gasteiger partial charge is 0.342 e. The minimum atomic E-state index is -0.515. The first-order valence-electron chi connectivity index (χ1n) is 11.1. The van der Waals surface area contributed by atoms with Gasteiger partial charge in [-0.15, -0.1) is 0 Å². The van der Waals surface area contributed by atoms with E-state index in [1.54, 1.807) is 24.3 Å². The molecular formula is C26H18N4O6S. The van der Waals surface area contributed by atoms with Crippen LogP contribution in [0.2, 0.25) is 0 Å². The molecular weight excluding hydrogens is 496 g/mol. The Hall–Kier alpha value is -4.77. The van der Waals surface area contributed by atoms with Crippen LogP contribution in [0.3, 0.4) is 0 Å². The molecule has 1 saturated heterocycles. The van der Waals surface area contributed by atoms with Crippen LogP contribution in [0.15, 0.2) is 83.9 Å². The molecule has 0 bridgehead atoms. The van der Waals surface area contributed by atoms with E-state index in [0.29, 0.717) is 16.7 Å². The fraction of sp³-hybridized carbons (Fsp3) is 0.0769. The average Bonchev–Trinajstić information content (AvgIpc) is 3.36. The third kappa shape index (κ3) is 4.71. The first-order valence-corrected chi connectivity index (χ1v) is 11.9. The third-order valence-corrected chi connectivity index (χ3v) is 6.90. The Morgan fingerprint density at radius 1 is 0.838 bits per heavy atom. The van der Waals surface area contributed by atoms with Crippen molar-refractivity contribution in [3.8, 4) is 0 Å². The number of nitro groups is 2.